The van der Waals surface area contributed by atoms with Crippen LogP contribution in [0.1, 0.15) is 23.0 Å². The first kappa shape index (κ1) is 10.2. The lowest BCUT2D eigenvalue weighted by molar-refractivity contribution is 0.0592. The zero-order valence-corrected chi connectivity index (χ0v) is 9.09. The van der Waals surface area contributed by atoms with Gasteiger partial charge in [0.2, 0.25) is 0 Å². The Kier molecular flexibility index (Phi) is 3.42. The first-order valence-electron chi connectivity index (χ1n) is 3.92. The molecule has 0 spiro atoms. The summed E-state index contributed by atoms with van der Waals surface area (Å²) < 4.78 is 5.51. The van der Waals surface area contributed by atoms with Gasteiger partial charge < -0.3 is 4.74 Å². The molecule has 0 aromatic carbocycles. The minimum Gasteiger partial charge on any atom is -0.464 e. The Morgan fingerprint density at radius 3 is 2.92 bits per heavy atom. The van der Waals surface area contributed by atoms with Gasteiger partial charge in [0, 0.05) is 10.7 Å². The standard InChI is InChI=1S/C9H10BrNO2/c1-3-6-7(10)4-5-11-8(6)9(12)13-2/h4-5H,3H2,1-2H3. The molecule has 0 unspecified atom stereocenters. The Balaban J connectivity index is 3.20. The number of pyridine rings is 1. The van der Waals surface area contributed by atoms with Gasteiger partial charge in [-0.2, -0.15) is 0 Å². The second-order valence-corrected chi connectivity index (χ2v) is 3.32. The van der Waals surface area contributed by atoms with Gasteiger partial charge in [0.1, 0.15) is 0 Å². The average molecular weight is 244 g/mol. The SMILES string of the molecule is CCc1c(Br)ccnc1C(=O)OC. The summed E-state index contributed by atoms with van der Waals surface area (Å²) in [4.78, 5) is 15.2. The number of nitrogens with zero attached hydrogens (tertiary/aromatic N) is 1. The molecule has 1 heterocycles. The lowest BCUT2D eigenvalue weighted by Gasteiger charge is -2.05. The van der Waals surface area contributed by atoms with Crippen molar-refractivity contribution < 1.29 is 9.53 Å². The number of ether oxygens (including phenoxy) is 1. The topological polar surface area (TPSA) is 39.2 Å². The summed E-state index contributed by atoms with van der Waals surface area (Å²) in [7, 11) is 1.35. The summed E-state index contributed by atoms with van der Waals surface area (Å²) >= 11 is 3.36. The van der Waals surface area contributed by atoms with Crippen molar-refractivity contribution in [3.8, 4) is 0 Å². The first-order valence-corrected chi connectivity index (χ1v) is 4.71. The van der Waals surface area contributed by atoms with Gasteiger partial charge in [-0.25, -0.2) is 9.78 Å². The van der Waals surface area contributed by atoms with Crippen molar-refractivity contribution in [2.24, 2.45) is 0 Å². The molecule has 0 fully saturated rings. The van der Waals surface area contributed by atoms with E-state index in [1.807, 2.05) is 13.0 Å². The van der Waals surface area contributed by atoms with Crippen LogP contribution in [0.3, 0.4) is 0 Å². The van der Waals surface area contributed by atoms with Crippen LogP contribution in [-0.2, 0) is 11.2 Å². The van der Waals surface area contributed by atoms with Crippen molar-refractivity contribution in [2.45, 2.75) is 13.3 Å². The zero-order valence-electron chi connectivity index (χ0n) is 7.50. The highest BCUT2D eigenvalue weighted by Crippen LogP contribution is 2.19. The maximum absolute atomic E-state index is 11.2. The lowest BCUT2D eigenvalue weighted by atomic mass is 10.1. The van der Waals surface area contributed by atoms with E-state index in [-0.39, 0.29) is 0 Å². The highest BCUT2D eigenvalue weighted by Gasteiger charge is 2.13. The minimum atomic E-state index is -0.391. The molecular formula is C9H10BrNO2. The molecule has 0 atom stereocenters. The number of carbonyl (C=O) groups excluding carboxylic acids is 1. The monoisotopic (exact) mass is 243 g/mol. The summed E-state index contributed by atoms with van der Waals surface area (Å²) in [5, 5.41) is 0. The number of methoxy groups -OCH3 is 1. The van der Waals surface area contributed by atoms with Crippen molar-refractivity contribution in [3.05, 3.63) is 28.0 Å². The number of hydrogen-bond acceptors (Lipinski definition) is 3. The van der Waals surface area contributed by atoms with Gasteiger partial charge in [-0.1, -0.05) is 22.9 Å². The van der Waals surface area contributed by atoms with Crippen LogP contribution in [0.25, 0.3) is 0 Å². The van der Waals surface area contributed by atoms with Crippen LogP contribution in [0.4, 0.5) is 0 Å². The third-order valence-electron chi connectivity index (χ3n) is 1.73. The van der Waals surface area contributed by atoms with Gasteiger partial charge in [-0.3, -0.25) is 0 Å². The van der Waals surface area contributed by atoms with Crippen LogP contribution in [-0.4, -0.2) is 18.1 Å². The fraction of sp³-hybridized carbons (Fsp3) is 0.333. The van der Waals surface area contributed by atoms with Gasteiger partial charge in [0.15, 0.2) is 5.69 Å². The van der Waals surface area contributed by atoms with E-state index in [1.54, 1.807) is 6.20 Å². The van der Waals surface area contributed by atoms with E-state index in [0.717, 1.165) is 16.5 Å². The van der Waals surface area contributed by atoms with E-state index in [0.29, 0.717) is 5.69 Å². The van der Waals surface area contributed by atoms with Crippen LogP contribution < -0.4 is 0 Å². The lowest BCUT2D eigenvalue weighted by Crippen LogP contribution is -2.08. The smallest absolute Gasteiger partial charge is 0.356 e. The molecule has 0 aliphatic rings. The van der Waals surface area contributed by atoms with Gasteiger partial charge in [-0.15, -0.1) is 0 Å². The maximum atomic E-state index is 11.2. The van der Waals surface area contributed by atoms with Crippen molar-refractivity contribution in [3.63, 3.8) is 0 Å². The Morgan fingerprint density at radius 2 is 2.38 bits per heavy atom. The molecule has 3 nitrogen and oxygen atoms in total. The highest BCUT2D eigenvalue weighted by molar-refractivity contribution is 9.10. The number of aromatic nitrogens is 1. The van der Waals surface area contributed by atoms with E-state index >= 15 is 0 Å². The van der Waals surface area contributed by atoms with Crippen molar-refractivity contribution in [2.75, 3.05) is 7.11 Å². The molecule has 0 amide bonds. The van der Waals surface area contributed by atoms with Crippen molar-refractivity contribution in [1.82, 2.24) is 4.98 Å². The molecule has 0 bridgehead atoms. The maximum Gasteiger partial charge on any atom is 0.356 e. The number of rotatable bonds is 2. The summed E-state index contributed by atoms with van der Waals surface area (Å²) in [6.45, 7) is 1.97. The van der Waals surface area contributed by atoms with E-state index in [2.05, 4.69) is 25.7 Å². The van der Waals surface area contributed by atoms with Crippen molar-refractivity contribution in [1.29, 1.82) is 0 Å². The Labute approximate surface area is 85.3 Å². The summed E-state index contributed by atoms with van der Waals surface area (Å²) in [6.07, 6.45) is 2.33. The molecule has 1 aromatic heterocycles. The fourth-order valence-corrected chi connectivity index (χ4v) is 1.66. The normalized spacial score (nSPS) is 9.77. The average Bonchev–Trinajstić information content (AvgIpc) is 2.16. The molecule has 0 N–H and O–H groups in total. The fourth-order valence-electron chi connectivity index (χ4n) is 1.08. The predicted molar refractivity (Wildman–Crippen MR) is 52.7 cm³/mol. The van der Waals surface area contributed by atoms with E-state index in [9.17, 15) is 4.79 Å². The number of esters is 1. The summed E-state index contributed by atoms with van der Waals surface area (Å²) in [6, 6.07) is 1.81. The molecule has 0 radical (unpaired) electrons. The van der Waals surface area contributed by atoms with Gasteiger partial charge in [-0.05, 0) is 18.1 Å². The molecule has 0 aliphatic carbocycles. The van der Waals surface area contributed by atoms with Crippen LogP contribution >= 0.6 is 15.9 Å². The van der Waals surface area contributed by atoms with Gasteiger partial charge in [0.05, 0.1) is 7.11 Å². The first-order chi connectivity index (χ1) is 6.20. The molecule has 70 valence electrons. The molecule has 13 heavy (non-hydrogen) atoms. The molecule has 0 saturated carbocycles. The highest BCUT2D eigenvalue weighted by atomic mass is 79.9. The second kappa shape index (κ2) is 4.37. The van der Waals surface area contributed by atoms with Gasteiger partial charge >= 0.3 is 5.97 Å². The number of carbonyl (C=O) groups is 1. The Morgan fingerprint density at radius 1 is 1.69 bits per heavy atom. The molecule has 1 aromatic rings. The van der Waals surface area contributed by atoms with E-state index < -0.39 is 5.97 Å². The van der Waals surface area contributed by atoms with Crippen LogP contribution in [0.5, 0.6) is 0 Å². The third-order valence-corrected chi connectivity index (χ3v) is 2.47. The number of halogens is 1. The van der Waals surface area contributed by atoms with E-state index in [1.165, 1.54) is 7.11 Å². The molecule has 1 rings (SSSR count). The quantitative estimate of drug-likeness (QED) is 0.748. The van der Waals surface area contributed by atoms with Crippen molar-refractivity contribution >= 4 is 21.9 Å². The molecule has 0 aliphatic heterocycles. The van der Waals surface area contributed by atoms with Gasteiger partial charge in [0.25, 0.3) is 0 Å². The molecular weight excluding hydrogens is 234 g/mol. The van der Waals surface area contributed by atoms with Crippen LogP contribution in [0.15, 0.2) is 16.7 Å². The molecule has 4 heteroatoms. The predicted octanol–water partition coefficient (Wildman–Crippen LogP) is 2.19. The number of hydrogen-bond donors (Lipinski definition) is 0. The Hall–Kier alpha value is -0.900. The van der Waals surface area contributed by atoms with Crippen LogP contribution in [0.2, 0.25) is 0 Å². The summed E-state index contributed by atoms with van der Waals surface area (Å²) in [5.41, 5.74) is 1.27. The minimum absolute atomic E-state index is 0.388. The second-order valence-electron chi connectivity index (χ2n) is 2.47. The van der Waals surface area contributed by atoms with Crippen LogP contribution in [0, 0.1) is 0 Å². The Bertz CT molecular complexity index is 325. The van der Waals surface area contributed by atoms with E-state index in [4.69, 9.17) is 0 Å². The largest absolute Gasteiger partial charge is 0.464 e. The summed E-state index contributed by atoms with van der Waals surface area (Å²) in [5.74, 6) is -0.391. The molecule has 0 saturated heterocycles. The zero-order chi connectivity index (χ0) is 9.84. The third kappa shape index (κ3) is 2.06.